The molecule has 0 aliphatic heterocycles. The number of imide groups is 1. The number of nitrogens with zero attached hydrogens (tertiary/aromatic N) is 4. The van der Waals surface area contributed by atoms with Gasteiger partial charge in [0, 0.05) is 5.56 Å². The Bertz CT molecular complexity index is 870. The van der Waals surface area contributed by atoms with E-state index in [0.717, 1.165) is 16.8 Å². The van der Waals surface area contributed by atoms with E-state index in [2.05, 4.69) is 33.0 Å². The van der Waals surface area contributed by atoms with Gasteiger partial charge in [0.05, 0.1) is 12.8 Å². The maximum atomic E-state index is 11.9. The number of tetrazole rings is 1. The van der Waals surface area contributed by atoms with Gasteiger partial charge in [0.15, 0.2) is 0 Å². The Morgan fingerprint density at radius 3 is 2.69 bits per heavy atom. The molecule has 134 valence electrons. The van der Waals surface area contributed by atoms with Crippen LogP contribution in [-0.4, -0.2) is 32.1 Å². The Morgan fingerprint density at radius 2 is 2.00 bits per heavy atom. The predicted molar refractivity (Wildman–Crippen MR) is 91.7 cm³/mol. The number of carbonyl (C=O) groups is 2. The first-order valence-corrected chi connectivity index (χ1v) is 8.11. The van der Waals surface area contributed by atoms with Gasteiger partial charge < -0.3 is 9.73 Å². The predicted octanol–water partition coefficient (Wildman–Crippen LogP) is 1.52. The minimum Gasteiger partial charge on any atom is -0.467 e. The van der Waals surface area contributed by atoms with Crippen LogP contribution in [0.15, 0.2) is 47.1 Å². The van der Waals surface area contributed by atoms with Crippen LogP contribution in [0.4, 0.5) is 4.79 Å². The zero-order valence-corrected chi connectivity index (χ0v) is 14.2. The summed E-state index contributed by atoms with van der Waals surface area (Å²) in [6, 6.07) is 10.6. The van der Waals surface area contributed by atoms with Crippen molar-refractivity contribution >= 4 is 11.9 Å². The van der Waals surface area contributed by atoms with Gasteiger partial charge in [-0.15, -0.1) is 10.2 Å². The quantitative estimate of drug-likeness (QED) is 0.693. The average Bonchev–Trinajstić information content (AvgIpc) is 3.32. The van der Waals surface area contributed by atoms with Gasteiger partial charge in [0.2, 0.25) is 5.82 Å². The lowest BCUT2D eigenvalue weighted by Gasteiger charge is -2.04. The molecule has 2 aromatic heterocycles. The van der Waals surface area contributed by atoms with Crippen molar-refractivity contribution in [3.8, 4) is 11.4 Å². The van der Waals surface area contributed by atoms with Crippen LogP contribution in [0.1, 0.15) is 18.2 Å². The average molecular weight is 354 g/mol. The molecule has 3 amide bonds. The molecule has 26 heavy (non-hydrogen) atoms. The Hall–Kier alpha value is -3.49. The molecule has 0 fully saturated rings. The lowest BCUT2D eigenvalue weighted by Crippen LogP contribution is -2.40. The van der Waals surface area contributed by atoms with E-state index in [1.165, 1.54) is 11.8 Å². The summed E-state index contributed by atoms with van der Waals surface area (Å²) in [7, 11) is 0. The van der Waals surface area contributed by atoms with Crippen molar-refractivity contribution in [1.82, 2.24) is 30.8 Å². The normalized spacial score (nSPS) is 10.5. The second-order valence-electron chi connectivity index (χ2n) is 5.50. The number of benzene rings is 1. The Kier molecular flexibility index (Phi) is 5.37. The topological polar surface area (TPSA) is 115 Å². The van der Waals surface area contributed by atoms with E-state index >= 15 is 0 Å². The van der Waals surface area contributed by atoms with Crippen molar-refractivity contribution in [3.63, 3.8) is 0 Å². The van der Waals surface area contributed by atoms with E-state index in [-0.39, 0.29) is 13.1 Å². The van der Waals surface area contributed by atoms with E-state index in [0.29, 0.717) is 11.6 Å². The number of rotatable bonds is 6. The van der Waals surface area contributed by atoms with Crippen molar-refractivity contribution in [2.24, 2.45) is 0 Å². The van der Waals surface area contributed by atoms with E-state index < -0.39 is 11.9 Å². The van der Waals surface area contributed by atoms with Crippen LogP contribution in [0.5, 0.6) is 0 Å². The fourth-order valence-corrected chi connectivity index (χ4v) is 2.23. The SMILES string of the molecule is CCc1ccc(-c2nnn(CC(=O)NC(=O)NCc3ccco3)n2)cc1. The highest BCUT2D eigenvalue weighted by Gasteiger charge is 2.12. The first kappa shape index (κ1) is 17.3. The summed E-state index contributed by atoms with van der Waals surface area (Å²) >= 11 is 0. The third-order valence-electron chi connectivity index (χ3n) is 3.61. The molecule has 0 aliphatic rings. The van der Waals surface area contributed by atoms with E-state index in [1.54, 1.807) is 12.1 Å². The fraction of sp³-hybridized carbons (Fsp3) is 0.235. The van der Waals surface area contributed by atoms with Crippen molar-refractivity contribution in [2.75, 3.05) is 0 Å². The number of nitrogens with one attached hydrogen (secondary N) is 2. The zero-order valence-electron chi connectivity index (χ0n) is 14.2. The lowest BCUT2D eigenvalue weighted by molar-refractivity contribution is -0.121. The number of aromatic nitrogens is 4. The van der Waals surface area contributed by atoms with Crippen LogP contribution in [0.3, 0.4) is 0 Å². The molecule has 9 nitrogen and oxygen atoms in total. The molecule has 0 atom stereocenters. The van der Waals surface area contributed by atoms with Crippen LogP contribution in [0.2, 0.25) is 0 Å². The minimum absolute atomic E-state index is 0.186. The lowest BCUT2D eigenvalue weighted by atomic mass is 10.1. The third kappa shape index (κ3) is 4.53. The summed E-state index contributed by atoms with van der Waals surface area (Å²) in [4.78, 5) is 24.7. The molecule has 0 aliphatic carbocycles. The number of hydrogen-bond acceptors (Lipinski definition) is 6. The monoisotopic (exact) mass is 354 g/mol. The Balaban J connectivity index is 1.51. The molecule has 0 radical (unpaired) electrons. The van der Waals surface area contributed by atoms with Crippen molar-refractivity contribution in [3.05, 3.63) is 54.0 Å². The summed E-state index contributed by atoms with van der Waals surface area (Å²) in [6.07, 6.45) is 2.45. The molecule has 1 aromatic carbocycles. The van der Waals surface area contributed by atoms with E-state index in [1.807, 2.05) is 24.3 Å². The van der Waals surface area contributed by atoms with Gasteiger partial charge >= 0.3 is 6.03 Å². The smallest absolute Gasteiger partial charge is 0.321 e. The fourth-order valence-electron chi connectivity index (χ4n) is 2.23. The molecule has 0 saturated heterocycles. The second kappa shape index (κ2) is 8.06. The standard InChI is InChI=1S/C17H18N6O3/c1-2-12-5-7-13(8-6-12)16-20-22-23(21-16)11-15(24)19-17(25)18-10-14-4-3-9-26-14/h3-9H,2,10-11H2,1H3,(H2,18,19,24,25). The van der Waals surface area contributed by atoms with Gasteiger partial charge in [-0.1, -0.05) is 31.2 Å². The second-order valence-corrected chi connectivity index (χ2v) is 5.50. The van der Waals surface area contributed by atoms with Gasteiger partial charge in [-0.25, -0.2) is 4.79 Å². The van der Waals surface area contributed by atoms with Crippen molar-refractivity contribution < 1.29 is 14.0 Å². The van der Waals surface area contributed by atoms with Crippen molar-refractivity contribution in [2.45, 2.75) is 26.4 Å². The summed E-state index contributed by atoms with van der Waals surface area (Å²) in [5.41, 5.74) is 2.02. The van der Waals surface area contributed by atoms with E-state index in [9.17, 15) is 9.59 Å². The first-order chi connectivity index (χ1) is 12.6. The number of furan rings is 1. The largest absolute Gasteiger partial charge is 0.467 e. The highest BCUT2D eigenvalue weighted by atomic mass is 16.3. The summed E-state index contributed by atoms with van der Waals surface area (Å²) in [6.45, 7) is 2.05. The van der Waals surface area contributed by atoms with Gasteiger partial charge in [0.25, 0.3) is 5.91 Å². The summed E-state index contributed by atoms with van der Waals surface area (Å²) in [5.74, 6) is 0.458. The van der Waals surface area contributed by atoms with Crippen LogP contribution < -0.4 is 10.6 Å². The molecular weight excluding hydrogens is 336 g/mol. The highest BCUT2D eigenvalue weighted by Crippen LogP contribution is 2.14. The molecule has 2 heterocycles. The van der Waals surface area contributed by atoms with Crippen LogP contribution in [-0.2, 0) is 24.3 Å². The number of amides is 3. The molecule has 3 rings (SSSR count). The van der Waals surface area contributed by atoms with Crippen LogP contribution in [0, 0.1) is 0 Å². The maximum Gasteiger partial charge on any atom is 0.321 e. The Labute approximate surface area is 149 Å². The number of urea groups is 1. The number of aryl methyl sites for hydroxylation is 1. The molecule has 0 bridgehead atoms. The molecule has 0 saturated carbocycles. The molecule has 2 N–H and O–H groups in total. The molecule has 3 aromatic rings. The van der Waals surface area contributed by atoms with Crippen molar-refractivity contribution in [1.29, 1.82) is 0 Å². The third-order valence-corrected chi connectivity index (χ3v) is 3.61. The molecule has 0 spiro atoms. The van der Waals surface area contributed by atoms with Crippen LogP contribution in [0.25, 0.3) is 11.4 Å². The zero-order chi connectivity index (χ0) is 18.4. The Morgan fingerprint density at radius 1 is 1.19 bits per heavy atom. The molecule has 0 unspecified atom stereocenters. The van der Waals surface area contributed by atoms with Gasteiger partial charge in [-0.3, -0.25) is 10.1 Å². The van der Waals surface area contributed by atoms with Gasteiger partial charge in [0.1, 0.15) is 12.3 Å². The molecular formula is C17H18N6O3. The van der Waals surface area contributed by atoms with Gasteiger partial charge in [-0.05, 0) is 29.3 Å². The highest BCUT2D eigenvalue weighted by molar-refractivity contribution is 5.94. The first-order valence-electron chi connectivity index (χ1n) is 8.11. The summed E-state index contributed by atoms with van der Waals surface area (Å²) < 4.78 is 5.08. The van der Waals surface area contributed by atoms with E-state index in [4.69, 9.17) is 4.42 Å². The summed E-state index contributed by atoms with van der Waals surface area (Å²) in [5, 5.41) is 16.6. The maximum absolute atomic E-state index is 11.9. The number of carbonyl (C=O) groups excluding carboxylic acids is 2. The molecule has 9 heteroatoms. The van der Waals surface area contributed by atoms with Crippen LogP contribution >= 0.6 is 0 Å². The minimum atomic E-state index is -0.623. The van der Waals surface area contributed by atoms with Gasteiger partial charge in [-0.2, -0.15) is 4.80 Å². The number of hydrogen-bond donors (Lipinski definition) is 2.